The molecule has 1 aliphatic carbocycles. The summed E-state index contributed by atoms with van der Waals surface area (Å²) in [6, 6.07) is 11.4. The van der Waals surface area contributed by atoms with Crippen LogP contribution in [0.4, 0.5) is 5.69 Å². The molecular formula is C19H19NO4. The van der Waals surface area contributed by atoms with E-state index in [4.69, 9.17) is 14.2 Å². The first-order valence-electron chi connectivity index (χ1n) is 8.22. The Morgan fingerprint density at radius 3 is 2.75 bits per heavy atom. The number of anilines is 1. The van der Waals surface area contributed by atoms with Gasteiger partial charge in [0.1, 0.15) is 5.75 Å². The van der Waals surface area contributed by atoms with Crippen molar-refractivity contribution in [1.29, 1.82) is 0 Å². The van der Waals surface area contributed by atoms with E-state index in [2.05, 4.69) is 17.4 Å². The molecule has 0 atom stereocenters. The van der Waals surface area contributed by atoms with Crippen molar-refractivity contribution in [3.8, 4) is 17.2 Å². The summed E-state index contributed by atoms with van der Waals surface area (Å²) in [5, 5.41) is 2.80. The monoisotopic (exact) mass is 325 g/mol. The molecule has 5 heteroatoms. The SMILES string of the molecule is O=C(COc1ccc2c(c1)CCCC2)Nc1ccc2c(c1)OCO2. The highest BCUT2D eigenvalue weighted by Gasteiger charge is 2.15. The van der Waals surface area contributed by atoms with Gasteiger partial charge in [-0.3, -0.25) is 4.79 Å². The van der Waals surface area contributed by atoms with Crippen LogP contribution in [0, 0.1) is 0 Å². The second-order valence-electron chi connectivity index (χ2n) is 6.04. The van der Waals surface area contributed by atoms with Crippen molar-refractivity contribution < 1.29 is 19.0 Å². The van der Waals surface area contributed by atoms with E-state index in [1.54, 1.807) is 18.2 Å². The summed E-state index contributed by atoms with van der Waals surface area (Å²) in [6.07, 6.45) is 4.71. The summed E-state index contributed by atoms with van der Waals surface area (Å²) in [7, 11) is 0. The Kier molecular flexibility index (Phi) is 3.99. The molecule has 2 aromatic rings. The molecule has 0 radical (unpaired) electrons. The topological polar surface area (TPSA) is 56.8 Å². The zero-order valence-electron chi connectivity index (χ0n) is 13.3. The maximum atomic E-state index is 12.1. The highest BCUT2D eigenvalue weighted by molar-refractivity contribution is 5.92. The van der Waals surface area contributed by atoms with Crippen molar-refractivity contribution in [2.24, 2.45) is 0 Å². The van der Waals surface area contributed by atoms with Crippen LogP contribution < -0.4 is 19.5 Å². The minimum atomic E-state index is -0.202. The van der Waals surface area contributed by atoms with Gasteiger partial charge in [0.15, 0.2) is 18.1 Å². The zero-order valence-corrected chi connectivity index (χ0v) is 13.3. The van der Waals surface area contributed by atoms with Gasteiger partial charge in [-0.05, 0) is 61.1 Å². The molecule has 0 aromatic heterocycles. The van der Waals surface area contributed by atoms with Gasteiger partial charge in [0.2, 0.25) is 6.79 Å². The number of carbonyl (C=O) groups excluding carboxylic acids is 1. The molecule has 2 aromatic carbocycles. The smallest absolute Gasteiger partial charge is 0.262 e. The van der Waals surface area contributed by atoms with E-state index < -0.39 is 0 Å². The molecule has 24 heavy (non-hydrogen) atoms. The van der Waals surface area contributed by atoms with Gasteiger partial charge in [-0.25, -0.2) is 0 Å². The normalized spacial score (nSPS) is 14.8. The number of ether oxygens (including phenoxy) is 3. The van der Waals surface area contributed by atoms with Crippen LogP contribution in [0.1, 0.15) is 24.0 Å². The molecule has 0 saturated carbocycles. The fourth-order valence-electron chi connectivity index (χ4n) is 3.12. The van der Waals surface area contributed by atoms with E-state index in [9.17, 15) is 4.79 Å². The molecule has 124 valence electrons. The molecular weight excluding hydrogens is 306 g/mol. The van der Waals surface area contributed by atoms with Crippen LogP contribution in [-0.2, 0) is 17.6 Å². The summed E-state index contributed by atoms with van der Waals surface area (Å²) in [5.41, 5.74) is 3.41. The van der Waals surface area contributed by atoms with Crippen LogP contribution >= 0.6 is 0 Å². The zero-order chi connectivity index (χ0) is 16.4. The van der Waals surface area contributed by atoms with Gasteiger partial charge in [0.25, 0.3) is 5.91 Å². The predicted octanol–water partition coefficient (Wildman–Crippen LogP) is 3.31. The number of hydrogen-bond acceptors (Lipinski definition) is 4. The van der Waals surface area contributed by atoms with Gasteiger partial charge in [-0.1, -0.05) is 6.07 Å². The second kappa shape index (κ2) is 6.43. The van der Waals surface area contributed by atoms with Crippen LogP contribution in [0.2, 0.25) is 0 Å². The minimum absolute atomic E-state index is 0.0206. The van der Waals surface area contributed by atoms with Gasteiger partial charge >= 0.3 is 0 Å². The highest BCUT2D eigenvalue weighted by atomic mass is 16.7. The summed E-state index contributed by atoms with van der Waals surface area (Å²) in [4.78, 5) is 12.1. The molecule has 1 N–H and O–H groups in total. The molecule has 0 saturated heterocycles. The van der Waals surface area contributed by atoms with Crippen LogP contribution in [0.5, 0.6) is 17.2 Å². The third-order valence-electron chi connectivity index (χ3n) is 4.35. The van der Waals surface area contributed by atoms with E-state index in [1.165, 1.54) is 24.0 Å². The molecule has 0 fully saturated rings. The summed E-state index contributed by atoms with van der Waals surface area (Å²) in [5.74, 6) is 1.88. The summed E-state index contributed by atoms with van der Waals surface area (Å²) >= 11 is 0. The van der Waals surface area contributed by atoms with Crippen molar-refractivity contribution >= 4 is 11.6 Å². The van der Waals surface area contributed by atoms with Crippen LogP contribution in [0.15, 0.2) is 36.4 Å². The van der Waals surface area contributed by atoms with E-state index in [1.807, 2.05) is 6.07 Å². The fourth-order valence-corrected chi connectivity index (χ4v) is 3.12. The average Bonchev–Trinajstić information content (AvgIpc) is 3.07. The van der Waals surface area contributed by atoms with E-state index >= 15 is 0 Å². The molecule has 1 aliphatic heterocycles. The lowest BCUT2D eigenvalue weighted by atomic mass is 9.92. The van der Waals surface area contributed by atoms with Gasteiger partial charge < -0.3 is 19.5 Å². The van der Waals surface area contributed by atoms with Crippen molar-refractivity contribution in [2.75, 3.05) is 18.7 Å². The van der Waals surface area contributed by atoms with Crippen LogP contribution in [0.3, 0.4) is 0 Å². The summed E-state index contributed by atoms with van der Waals surface area (Å²) < 4.78 is 16.2. The van der Waals surface area contributed by atoms with Crippen molar-refractivity contribution in [3.05, 3.63) is 47.5 Å². The maximum Gasteiger partial charge on any atom is 0.262 e. The van der Waals surface area contributed by atoms with Gasteiger partial charge in [-0.2, -0.15) is 0 Å². The number of amides is 1. The van der Waals surface area contributed by atoms with Gasteiger partial charge in [0.05, 0.1) is 0 Å². The standard InChI is InChI=1S/C19H19NO4/c21-19(20-15-6-8-17-18(10-15)24-12-23-17)11-22-16-7-5-13-3-1-2-4-14(13)9-16/h5-10H,1-4,11-12H2,(H,20,21). The van der Waals surface area contributed by atoms with Crippen molar-refractivity contribution in [1.82, 2.24) is 0 Å². The molecule has 1 heterocycles. The maximum absolute atomic E-state index is 12.1. The Hall–Kier alpha value is -2.69. The molecule has 0 bridgehead atoms. The Balaban J connectivity index is 1.35. The Bertz CT molecular complexity index is 772. The lowest BCUT2D eigenvalue weighted by Gasteiger charge is -2.16. The fraction of sp³-hybridized carbons (Fsp3) is 0.316. The Morgan fingerprint density at radius 1 is 1.00 bits per heavy atom. The number of carbonyl (C=O) groups is 1. The molecule has 0 spiro atoms. The number of fused-ring (bicyclic) bond motifs is 2. The predicted molar refractivity (Wildman–Crippen MR) is 89.8 cm³/mol. The molecule has 4 rings (SSSR count). The van der Waals surface area contributed by atoms with E-state index in [-0.39, 0.29) is 19.3 Å². The molecule has 1 amide bonds. The first-order chi connectivity index (χ1) is 11.8. The van der Waals surface area contributed by atoms with Crippen molar-refractivity contribution in [3.63, 3.8) is 0 Å². The third-order valence-corrected chi connectivity index (χ3v) is 4.35. The number of aryl methyl sites for hydroxylation is 2. The second-order valence-corrected chi connectivity index (χ2v) is 6.04. The van der Waals surface area contributed by atoms with Crippen LogP contribution in [0.25, 0.3) is 0 Å². The minimum Gasteiger partial charge on any atom is -0.484 e. The highest BCUT2D eigenvalue weighted by Crippen LogP contribution is 2.34. The number of nitrogens with one attached hydrogen (secondary N) is 1. The van der Waals surface area contributed by atoms with E-state index in [0.29, 0.717) is 17.2 Å². The molecule has 5 nitrogen and oxygen atoms in total. The van der Waals surface area contributed by atoms with Gasteiger partial charge in [0, 0.05) is 11.8 Å². The third kappa shape index (κ3) is 3.15. The summed E-state index contributed by atoms with van der Waals surface area (Å²) in [6.45, 7) is 0.196. The largest absolute Gasteiger partial charge is 0.484 e. The molecule has 0 unspecified atom stereocenters. The van der Waals surface area contributed by atoms with Crippen LogP contribution in [-0.4, -0.2) is 19.3 Å². The molecule has 2 aliphatic rings. The number of hydrogen-bond donors (Lipinski definition) is 1. The number of rotatable bonds is 4. The average molecular weight is 325 g/mol. The number of benzene rings is 2. The first kappa shape index (κ1) is 14.9. The first-order valence-corrected chi connectivity index (χ1v) is 8.22. The Labute approximate surface area is 140 Å². The van der Waals surface area contributed by atoms with Crippen molar-refractivity contribution in [2.45, 2.75) is 25.7 Å². The van der Waals surface area contributed by atoms with Gasteiger partial charge in [-0.15, -0.1) is 0 Å². The quantitative estimate of drug-likeness (QED) is 0.937. The lowest BCUT2D eigenvalue weighted by molar-refractivity contribution is -0.118. The lowest BCUT2D eigenvalue weighted by Crippen LogP contribution is -2.20. The Morgan fingerprint density at radius 2 is 1.83 bits per heavy atom. The van der Waals surface area contributed by atoms with E-state index in [0.717, 1.165) is 18.6 Å².